The zero-order valence-electron chi connectivity index (χ0n) is 13.9. The summed E-state index contributed by atoms with van der Waals surface area (Å²) in [6.07, 6.45) is 10.7. The van der Waals surface area contributed by atoms with Crippen LogP contribution in [0.3, 0.4) is 0 Å². The number of anilines is 1. The van der Waals surface area contributed by atoms with Gasteiger partial charge in [-0.1, -0.05) is 6.92 Å². The Balaban J connectivity index is 1.70. The van der Waals surface area contributed by atoms with Gasteiger partial charge in [0.25, 0.3) is 0 Å². The van der Waals surface area contributed by atoms with E-state index in [0.717, 1.165) is 36.8 Å². The first-order valence-electron chi connectivity index (χ1n) is 8.48. The molecule has 25 heavy (non-hydrogen) atoms. The monoisotopic (exact) mass is 338 g/mol. The van der Waals surface area contributed by atoms with Gasteiger partial charge < -0.3 is 9.64 Å². The quantitative estimate of drug-likeness (QED) is 0.711. The average molecular weight is 338 g/mol. The zero-order valence-corrected chi connectivity index (χ0v) is 13.9. The molecule has 1 fully saturated rings. The van der Waals surface area contributed by atoms with E-state index in [1.165, 1.54) is 0 Å². The van der Waals surface area contributed by atoms with Gasteiger partial charge in [0.2, 0.25) is 5.95 Å². The molecule has 3 aromatic heterocycles. The van der Waals surface area contributed by atoms with Gasteiger partial charge in [-0.05, 0) is 12.8 Å². The molecule has 0 amide bonds. The van der Waals surface area contributed by atoms with Gasteiger partial charge in [0.15, 0.2) is 11.6 Å². The van der Waals surface area contributed by atoms with Gasteiger partial charge >= 0.3 is 0 Å². The number of ether oxygens (including phenoxy) is 1. The SMILES string of the molecule is CCC1c2nncn2-c2cnc(-n3ccnc3)nc2N1C1CCOC1. The molecule has 0 radical (unpaired) electrons. The number of nitrogens with zero attached hydrogens (tertiary/aromatic N) is 8. The highest BCUT2D eigenvalue weighted by Gasteiger charge is 2.39. The summed E-state index contributed by atoms with van der Waals surface area (Å²) < 4.78 is 9.45. The number of imidazole rings is 1. The van der Waals surface area contributed by atoms with Crippen LogP contribution in [0.5, 0.6) is 0 Å². The topological polar surface area (TPSA) is 86.8 Å². The molecule has 3 aromatic rings. The van der Waals surface area contributed by atoms with E-state index < -0.39 is 0 Å². The molecule has 0 N–H and O–H groups in total. The highest BCUT2D eigenvalue weighted by molar-refractivity contribution is 5.62. The minimum absolute atomic E-state index is 0.118. The maximum absolute atomic E-state index is 5.65. The molecule has 0 saturated carbocycles. The van der Waals surface area contributed by atoms with Crippen LogP contribution in [0.1, 0.15) is 31.6 Å². The lowest BCUT2D eigenvalue weighted by Gasteiger charge is -2.40. The molecule has 2 atom stereocenters. The van der Waals surface area contributed by atoms with Crippen LogP contribution in [-0.2, 0) is 4.74 Å². The lowest BCUT2D eigenvalue weighted by molar-refractivity contribution is 0.191. The first-order valence-corrected chi connectivity index (χ1v) is 8.48. The van der Waals surface area contributed by atoms with Crippen LogP contribution in [0.15, 0.2) is 31.2 Å². The van der Waals surface area contributed by atoms with Gasteiger partial charge in [-0.25, -0.2) is 9.97 Å². The highest BCUT2D eigenvalue weighted by Crippen LogP contribution is 2.40. The molecule has 9 heteroatoms. The predicted molar refractivity (Wildman–Crippen MR) is 88.8 cm³/mol. The van der Waals surface area contributed by atoms with Crippen molar-refractivity contribution in [2.24, 2.45) is 0 Å². The normalized spacial score (nSPS) is 22.0. The zero-order chi connectivity index (χ0) is 16.8. The number of hydrogen-bond acceptors (Lipinski definition) is 7. The second kappa shape index (κ2) is 5.62. The third kappa shape index (κ3) is 2.15. The van der Waals surface area contributed by atoms with Crippen LogP contribution in [0, 0.1) is 0 Å². The molecule has 128 valence electrons. The van der Waals surface area contributed by atoms with Crippen molar-refractivity contribution in [1.29, 1.82) is 0 Å². The van der Waals surface area contributed by atoms with E-state index in [0.29, 0.717) is 12.6 Å². The van der Waals surface area contributed by atoms with E-state index >= 15 is 0 Å². The molecule has 2 unspecified atom stereocenters. The van der Waals surface area contributed by atoms with Crippen LogP contribution < -0.4 is 4.90 Å². The molecular weight excluding hydrogens is 320 g/mol. The van der Waals surface area contributed by atoms with Gasteiger partial charge in [-0.15, -0.1) is 10.2 Å². The largest absolute Gasteiger partial charge is 0.379 e. The fraction of sp³-hybridized carbons (Fsp3) is 0.438. The van der Waals surface area contributed by atoms with Crippen LogP contribution in [-0.4, -0.2) is 53.5 Å². The summed E-state index contributed by atoms with van der Waals surface area (Å²) >= 11 is 0. The van der Waals surface area contributed by atoms with Gasteiger partial charge in [0.1, 0.15) is 18.3 Å². The lowest BCUT2D eigenvalue weighted by atomic mass is 10.1. The van der Waals surface area contributed by atoms with Crippen LogP contribution in [0.25, 0.3) is 11.6 Å². The van der Waals surface area contributed by atoms with Gasteiger partial charge in [0.05, 0.1) is 24.9 Å². The van der Waals surface area contributed by atoms with E-state index in [1.54, 1.807) is 18.9 Å². The number of fused-ring (bicyclic) bond motifs is 3. The van der Waals surface area contributed by atoms with E-state index in [-0.39, 0.29) is 12.1 Å². The fourth-order valence-electron chi connectivity index (χ4n) is 3.70. The van der Waals surface area contributed by atoms with Crippen molar-refractivity contribution in [1.82, 2.24) is 34.3 Å². The van der Waals surface area contributed by atoms with Crippen LogP contribution >= 0.6 is 0 Å². The Morgan fingerprint density at radius 2 is 2.28 bits per heavy atom. The molecule has 5 heterocycles. The molecule has 2 aliphatic heterocycles. The predicted octanol–water partition coefficient (Wildman–Crippen LogP) is 1.30. The summed E-state index contributed by atoms with van der Waals surface area (Å²) in [5.41, 5.74) is 0.903. The molecule has 5 rings (SSSR count). The van der Waals surface area contributed by atoms with Crippen LogP contribution in [0.4, 0.5) is 5.82 Å². The molecule has 0 aliphatic carbocycles. The maximum Gasteiger partial charge on any atom is 0.236 e. The third-order valence-electron chi connectivity index (χ3n) is 4.87. The summed E-state index contributed by atoms with van der Waals surface area (Å²) in [4.78, 5) is 15.8. The number of hydrogen-bond donors (Lipinski definition) is 0. The smallest absolute Gasteiger partial charge is 0.236 e. The van der Waals surface area contributed by atoms with Crippen molar-refractivity contribution in [2.45, 2.75) is 31.8 Å². The van der Waals surface area contributed by atoms with E-state index in [2.05, 4.69) is 32.0 Å². The maximum atomic E-state index is 5.65. The lowest BCUT2D eigenvalue weighted by Crippen LogP contribution is -2.43. The second-order valence-electron chi connectivity index (χ2n) is 6.26. The van der Waals surface area contributed by atoms with Gasteiger partial charge in [0, 0.05) is 19.0 Å². The summed E-state index contributed by atoms with van der Waals surface area (Å²) in [7, 11) is 0. The Morgan fingerprint density at radius 1 is 1.32 bits per heavy atom. The molecule has 0 bridgehead atoms. The van der Waals surface area contributed by atoms with Gasteiger partial charge in [-0.2, -0.15) is 4.98 Å². The first-order chi connectivity index (χ1) is 12.4. The Morgan fingerprint density at radius 3 is 3.04 bits per heavy atom. The van der Waals surface area contributed by atoms with E-state index in [4.69, 9.17) is 9.72 Å². The molecular formula is C16H18N8O. The van der Waals surface area contributed by atoms with Gasteiger partial charge in [-0.3, -0.25) is 9.13 Å². The number of rotatable bonds is 3. The van der Waals surface area contributed by atoms with Crippen molar-refractivity contribution < 1.29 is 4.74 Å². The highest BCUT2D eigenvalue weighted by atomic mass is 16.5. The van der Waals surface area contributed by atoms with Crippen molar-refractivity contribution in [3.63, 3.8) is 0 Å². The molecule has 2 aliphatic rings. The molecule has 9 nitrogen and oxygen atoms in total. The second-order valence-corrected chi connectivity index (χ2v) is 6.26. The summed E-state index contributed by atoms with van der Waals surface area (Å²) in [6.45, 7) is 3.64. The summed E-state index contributed by atoms with van der Waals surface area (Å²) in [5.74, 6) is 2.43. The van der Waals surface area contributed by atoms with Crippen molar-refractivity contribution in [3.8, 4) is 11.6 Å². The standard InChI is InChI=1S/C16H18N8O/c1-2-12-15-21-19-10-23(15)13-7-18-16(22-5-4-17-9-22)20-14(13)24(12)11-3-6-25-8-11/h4-5,7,9-12H,2-3,6,8H2,1H3. The molecule has 0 spiro atoms. The van der Waals surface area contributed by atoms with Crippen molar-refractivity contribution in [3.05, 3.63) is 37.1 Å². The fourth-order valence-corrected chi connectivity index (χ4v) is 3.70. The molecule has 0 aromatic carbocycles. The number of aromatic nitrogens is 7. The van der Waals surface area contributed by atoms with Crippen molar-refractivity contribution in [2.75, 3.05) is 18.1 Å². The Kier molecular flexibility index (Phi) is 3.27. The first kappa shape index (κ1) is 14.5. The van der Waals surface area contributed by atoms with E-state index in [1.807, 2.05) is 21.5 Å². The van der Waals surface area contributed by atoms with Crippen LogP contribution in [0.2, 0.25) is 0 Å². The Bertz CT molecular complexity index is 883. The average Bonchev–Trinajstić information content (AvgIpc) is 3.42. The Hall–Kier alpha value is -2.81. The van der Waals surface area contributed by atoms with E-state index in [9.17, 15) is 0 Å². The van der Waals surface area contributed by atoms with Crippen molar-refractivity contribution >= 4 is 5.82 Å². The summed E-state index contributed by atoms with van der Waals surface area (Å²) in [6, 6.07) is 0.395. The minimum Gasteiger partial charge on any atom is -0.379 e. The summed E-state index contributed by atoms with van der Waals surface area (Å²) in [5, 5.41) is 8.48. The minimum atomic E-state index is 0.118. The molecule has 1 saturated heterocycles. The Labute approximate surface area is 144 Å². The third-order valence-corrected chi connectivity index (χ3v) is 4.87.